The van der Waals surface area contributed by atoms with Crippen molar-refractivity contribution in [2.75, 3.05) is 0 Å². The largest absolute Gasteiger partial charge is 0.263 e. The lowest BCUT2D eigenvalue weighted by Gasteiger charge is -1.97. The van der Waals surface area contributed by atoms with Crippen molar-refractivity contribution in [2.24, 2.45) is 0 Å². The van der Waals surface area contributed by atoms with Crippen LogP contribution >= 0.6 is 43.2 Å². The maximum atomic E-state index is 4.62. The highest BCUT2D eigenvalue weighted by Gasteiger charge is 2.14. The second-order valence-electron chi connectivity index (χ2n) is 4.52. The van der Waals surface area contributed by atoms with E-state index in [2.05, 4.69) is 52.1 Å². The number of pyridine rings is 1. The quantitative estimate of drug-likeness (QED) is 0.466. The minimum atomic E-state index is 0.730. The Hall–Kier alpha value is -1.64. The fourth-order valence-corrected chi connectivity index (χ4v) is 3.49. The molecule has 0 aliphatic heterocycles. The number of benzene rings is 1. The number of aromatic nitrogens is 5. The number of fused-ring (bicyclic) bond motifs is 1. The molecule has 0 aliphatic carbocycles. The average molecular weight is 437 g/mol. The Morgan fingerprint density at radius 3 is 2.50 bits per heavy atom. The number of hydrogen-bond acceptors (Lipinski definition) is 5. The first-order valence-corrected chi connectivity index (χ1v) is 8.70. The van der Waals surface area contributed by atoms with Gasteiger partial charge in [-0.2, -0.15) is 9.61 Å². The molecule has 108 valence electrons. The Bertz CT molecular complexity index is 961. The standard InChI is InChI=1S/C14H7Br2N5S/c15-10-3-1-8(2-4-10)12-18-19-14-21(12)20-13(22-14)9-5-11(16)7-17-6-9/h1-7H. The lowest BCUT2D eigenvalue weighted by Crippen LogP contribution is -1.91. The lowest BCUT2D eigenvalue weighted by atomic mass is 10.2. The molecule has 22 heavy (non-hydrogen) atoms. The normalized spacial score (nSPS) is 11.2. The van der Waals surface area contributed by atoms with Gasteiger partial charge in [0.05, 0.1) is 0 Å². The minimum Gasteiger partial charge on any atom is -0.263 e. The third-order valence-electron chi connectivity index (χ3n) is 3.05. The third kappa shape index (κ3) is 2.47. The number of nitrogens with zero attached hydrogens (tertiary/aromatic N) is 5. The van der Waals surface area contributed by atoms with Crippen molar-refractivity contribution >= 4 is 48.2 Å². The van der Waals surface area contributed by atoms with Crippen molar-refractivity contribution in [3.63, 3.8) is 0 Å². The van der Waals surface area contributed by atoms with Crippen LogP contribution in [0.4, 0.5) is 0 Å². The van der Waals surface area contributed by atoms with E-state index in [9.17, 15) is 0 Å². The van der Waals surface area contributed by atoms with Gasteiger partial charge in [-0.25, -0.2) is 0 Å². The average Bonchev–Trinajstić information content (AvgIpc) is 3.08. The fraction of sp³-hybridized carbons (Fsp3) is 0. The van der Waals surface area contributed by atoms with Crippen LogP contribution < -0.4 is 0 Å². The summed E-state index contributed by atoms with van der Waals surface area (Å²) in [5.41, 5.74) is 1.92. The van der Waals surface area contributed by atoms with Crippen LogP contribution in [-0.4, -0.2) is 24.8 Å². The van der Waals surface area contributed by atoms with E-state index in [0.717, 1.165) is 35.9 Å². The topological polar surface area (TPSA) is 56.0 Å². The van der Waals surface area contributed by atoms with Crippen LogP contribution in [-0.2, 0) is 0 Å². The molecule has 1 aromatic carbocycles. The van der Waals surface area contributed by atoms with E-state index in [4.69, 9.17) is 0 Å². The van der Waals surface area contributed by atoms with Gasteiger partial charge in [-0.05, 0) is 34.1 Å². The van der Waals surface area contributed by atoms with Crippen molar-refractivity contribution in [1.29, 1.82) is 0 Å². The molecule has 0 aliphatic rings. The summed E-state index contributed by atoms with van der Waals surface area (Å²) in [7, 11) is 0. The Labute approximate surface area is 146 Å². The molecule has 4 rings (SSSR count). The zero-order chi connectivity index (χ0) is 15.1. The summed E-state index contributed by atoms with van der Waals surface area (Å²) in [5, 5.41) is 13.9. The van der Waals surface area contributed by atoms with Gasteiger partial charge < -0.3 is 0 Å². The molecule has 0 atom stereocenters. The van der Waals surface area contributed by atoms with E-state index in [-0.39, 0.29) is 0 Å². The molecule has 0 bridgehead atoms. The Morgan fingerprint density at radius 2 is 1.73 bits per heavy atom. The van der Waals surface area contributed by atoms with Crippen molar-refractivity contribution in [2.45, 2.75) is 0 Å². The summed E-state index contributed by atoms with van der Waals surface area (Å²) in [6.45, 7) is 0. The second-order valence-corrected chi connectivity index (χ2v) is 7.31. The SMILES string of the molecule is Brc1ccc(-c2nnc3sc(-c4cncc(Br)c4)nn23)cc1. The van der Waals surface area contributed by atoms with Crippen LogP contribution in [0.5, 0.6) is 0 Å². The van der Waals surface area contributed by atoms with E-state index in [1.165, 1.54) is 11.3 Å². The molecule has 0 fully saturated rings. The smallest absolute Gasteiger partial charge is 0.235 e. The van der Waals surface area contributed by atoms with Crippen LogP contribution in [0.15, 0.2) is 51.7 Å². The molecule has 0 amide bonds. The predicted molar refractivity (Wildman–Crippen MR) is 92.7 cm³/mol. The molecule has 0 saturated carbocycles. The molecule has 3 heterocycles. The molecule has 4 aromatic rings. The van der Waals surface area contributed by atoms with Gasteiger partial charge in [0.15, 0.2) is 5.82 Å². The fourth-order valence-electron chi connectivity index (χ4n) is 2.04. The van der Waals surface area contributed by atoms with Gasteiger partial charge in [0, 0.05) is 32.5 Å². The summed E-state index contributed by atoms with van der Waals surface area (Å²) in [6, 6.07) is 9.91. The first-order valence-electron chi connectivity index (χ1n) is 6.30. The highest BCUT2D eigenvalue weighted by Crippen LogP contribution is 2.29. The lowest BCUT2D eigenvalue weighted by molar-refractivity contribution is 0.970. The summed E-state index contributed by atoms with van der Waals surface area (Å²) in [6.07, 6.45) is 3.53. The molecule has 0 N–H and O–H groups in total. The highest BCUT2D eigenvalue weighted by molar-refractivity contribution is 9.10. The maximum absolute atomic E-state index is 4.62. The van der Waals surface area contributed by atoms with Gasteiger partial charge in [0.2, 0.25) is 4.96 Å². The molecule has 8 heteroatoms. The molecule has 0 unspecified atom stereocenters. The third-order valence-corrected chi connectivity index (χ3v) is 4.96. The van der Waals surface area contributed by atoms with Gasteiger partial charge in [-0.15, -0.1) is 10.2 Å². The summed E-state index contributed by atoms with van der Waals surface area (Å²) in [4.78, 5) is 4.93. The molecule has 3 aromatic heterocycles. The molecular weight excluding hydrogens is 430 g/mol. The van der Waals surface area contributed by atoms with Crippen molar-refractivity contribution in [3.8, 4) is 22.0 Å². The van der Waals surface area contributed by atoms with Gasteiger partial charge in [-0.3, -0.25) is 4.98 Å². The van der Waals surface area contributed by atoms with Gasteiger partial charge in [-0.1, -0.05) is 39.4 Å². The summed E-state index contributed by atoms with van der Waals surface area (Å²) in [5.74, 6) is 0.730. The van der Waals surface area contributed by atoms with Gasteiger partial charge in [0.1, 0.15) is 5.01 Å². The maximum Gasteiger partial charge on any atom is 0.235 e. The summed E-state index contributed by atoms with van der Waals surface area (Å²) >= 11 is 8.35. The summed E-state index contributed by atoms with van der Waals surface area (Å²) < 4.78 is 3.71. The van der Waals surface area contributed by atoms with Crippen LogP contribution in [0, 0.1) is 0 Å². The zero-order valence-electron chi connectivity index (χ0n) is 10.9. The zero-order valence-corrected chi connectivity index (χ0v) is 14.9. The van der Waals surface area contributed by atoms with E-state index < -0.39 is 0 Å². The first kappa shape index (κ1) is 14.0. The van der Waals surface area contributed by atoms with Crippen molar-refractivity contribution < 1.29 is 0 Å². The molecule has 0 saturated heterocycles. The Kier molecular flexibility index (Phi) is 3.51. The van der Waals surface area contributed by atoms with Gasteiger partial charge >= 0.3 is 0 Å². The molecule has 0 radical (unpaired) electrons. The monoisotopic (exact) mass is 435 g/mol. The van der Waals surface area contributed by atoms with Crippen LogP contribution in [0.25, 0.3) is 26.9 Å². The van der Waals surface area contributed by atoms with Crippen molar-refractivity contribution in [1.82, 2.24) is 24.8 Å². The molecule has 0 spiro atoms. The number of hydrogen-bond donors (Lipinski definition) is 0. The first-order chi connectivity index (χ1) is 10.7. The van der Waals surface area contributed by atoms with Crippen LogP contribution in [0.3, 0.4) is 0 Å². The van der Waals surface area contributed by atoms with E-state index in [1.54, 1.807) is 16.9 Å². The van der Waals surface area contributed by atoms with E-state index in [1.807, 2.05) is 30.3 Å². The van der Waals surface area contributed by atoms with E-state index in [0.29, 0.717) is 0 Å². The molecular formula is C14H7Br2N5S. The number of halogens is 2. The van der Waals surface area contributed by atoms with Crippen molar-refractivity contribution in [3.05, 3.63) is 51.7 Å². The Balaban J connectivity index is 1.84. The minimum absolute atomic E-state index is 0.730. The molecule has 5 nitrogen and oxygen atoms in total. The van der Waals surface area contributed by atoms with Crippen LogP contribution in [0.1, 0.15) is 0 Å². The number of rotatable bonds is 2. The predicted octanol–water partition coefficient (Wildman–Crippen LogP) is 4.44. The van der Waals surface area contributed by atoms with Crippen LogP contribution in [0.2, 0.25) is 0 Å². The second kappa shape index (κ2) is 5.53. The van der Waals surface area contributed by atoms with Gasteiger partial charge in [0.25, 0.3) is 0 Å². The highest BCUT2D eigenvalue weighted by atomic mass is 79.9. The van der Waals surface area contributed by atoms with E-state index >= 15 is 0 Å². The Morgan fingerprint density at radius 1 is 0.909 bits per heavy atom.